The van der Waals surface area contributed by atoms with E-state index < -0.39 is 0 Å². The predicted octanol–water partition coefficient (Wildman–Crippen LogP) is 1.84. The molecule has 0 unspecified atom stereocenters. The summed E-state index contributed by atoms with van der Waals surface area (Å²) in [6.45, 7) is 4.62. The Bertz CT molecular complexity index is 630. The molecule has 0 radical (unpaired) electrons. The van der Waals surface area contributed by atoms with Crippen molar-refractivity contribution in [2.75, 3.05) is 26.7 Å². The zero-order valence-electron chi connectivity index (χ0n) is 13.0. The molecule has 3 rings (SSSR count). The fourth-order valence-corrected chi connectivity index (χ4v) is 3.59. The van der Waals surface area contributed by atoms with Gasteiger partial charge in [-0.2, -0.15) is 0 Å². The number of aliphatic hydroxyl groups is 1. The lowest BCUT2D eigenvalue weighted by atomic mass is 10.0. The fourth-order valence-electron chi connectivity index (χ4n) is 2.90. The molecule has 0 bridgehead atoms. The van der Waals surface area contributed by atoms with E-state index >= 15 is 0 Å². The van der Waals surface area contributed by atoms with Gasteiger partial charge in [0.2, 0.25) is 0 Å². The summed E-state index contributed by atoms with van der Waals surface area (Å²) in [5.74, 6) is 0. The van der Waals surface area contributed by atoms with E-state index in [0.717, 1.165) is 41.6 Å². The number of nitrogens with zero attached hydrogens (tertiary/aromatic N) is 3. The molecule has 0 spiro atoms. The number of rotatable bonds is 5. The van der Waals surface area contributed by atoms with Gasteiger partial charge in [0.1, 0.15) is 10.0 Å². The summed E-state index contributed by atoms with van der Waals surface area (Å²) in [4.78, 5) is 2.31. The molecule has 2 N–H and O–H groups in total. The van der Waals surface area contributed by atoms with E-state index in [-0.39, 0.29) is 12.1 Å². The Morgan fingerprint density at radius 2 is 2.32 bits per heavy atom. The topological polar surface area (TPSA) is 61.3 Å². The molecule has 118 valence electrons. The van der Waals surface area contributed by atoms with Crippen LogP contribution in [0.15, 0.2) is 24.3 Å². The number of aryl methyl sites for hydroxylation is 1. The smallest absolute Gasteiger partial charge is 0.147 e. The Morgan fingerprint density at radius 3 is 2.95 bits per heavy atom. The average Bonchev–Trinajstić information content (AvgIpc) is 3.13. The van der Waals surface area contributed by atoms with Crippen LogP contribution in [0.25, 0.3) is 10.6 Å². The molecular formula is C16H22N4OS. The average molecular weight is 318 g/mol. The Labute approximate surface area is 135 Å². The lowest BCUT2D eigenvalue weighted by Crippen LogP contribution is -2.33. The summed E-state index contributed by atoms with van der Waals surface area (Å²) >= 11 is 1.62. The third kappa shape index (κ3) is 3.52. The van der Waals surface area contributed by atoms with Crippen LogP contribution in [-0.2, 0) is 0 Å². The second-order valence-electron chi connectivity index (χ2n) is 5.80. The van der Waals surface area contributed by atoms with Gasteiger partial charge in [0.05, 0.1) is 6.10 Å². The summed E-state index contributed by atoms with van der Waals surface area (Å²) in [5.41, 5.74) is 2.36. The van der Waals surface area contributed by atoms with Crippen molar-refractivity contribution < 1.29 is 5.11 Å². The first-order valence-corrected chi connectivity index (χ1v) is 8.45. The molecule has 5 nitrogen and oxygen atoms in total. The van der Waals surface area contributed by atoms with Crippen LogP contribution in [0.2, 0.25) is 0 Å². The predicted molar refractivity (Wildman–Crippen MR) is 88.9 cm³/mol. The van der Waals surface area contributed by atoms with Crippen LogP contribution >= 0.6 is 11.3 Å². The Morgan fingerprint density at radius 1 is 1.45 bits per heavy atom. The number of hydrogen-bond acceptors (Lipinski definition) is 6. The van der Waals surface area contributed by atoms with Crippen molar-refractivity contribution in [1.29, 1.82) is 0 Å². The van der Waals surface area contributed by atoms with Gasteiger partial charge in [0, 0.05) is 31.2 Å². The molecule has 0 aliphatic carbocycles. The summed E-state index contributed by atoms with van der Waals surface area (Å²) < 4.78 is 0. The zero-order chi connectivity index (χ0) is 15.5. The summed E-state index contributed by atoms with van der Waals surface area (Å²) in [6, 6.07) is 8.73. The SMILES string of the molecule is CN[C@H](CN1CC[C@H](O)C1)c1cccc(-c2nnc(C)s2)c1. The van der Waals surface area contributed by atoms with E-state index in [1.165, 1.54) is 5.56 Å². The molecule has 1 aromatic carbocycles. The van der Waals surface area contributed by atoms with Gasteiger partial charge in [-0.15, -0.1) is 10.2 Å². The van der Waals surface area contributed by atoms with Crippen LogP contribution in [0.1, 0.15) is 23.0 Å². The number of nitrogens with one attached hydrogen (secondary N) is 1. The number of benzene rings is 1. The highest BCUT2D eigenvalue weighted by molar-refractivity contribution is 7.14. The van der Waals surface area contributed by atoms with Gasteiger partial charge in [0.25, 0.3) is 0 Å². The maximum atomic E-state index is 9.67. The van der Waals surface area contributed by atoms with Gasteiger partial charge in [0.15, 0.2) is 0 Å². The van der Waals surface area contributed by atoms with E-state index in [0.29, 0.717) is 0 Å². The first-order chi connectivity index (χ1) is 10.7. The number of hydrogen-bond donors (Lipinski definition) is 2. The van der Waals surface area contributed by atoms with Crippen LogP contribution in [0, 0.1) is 6.92 Å². The zero-order valence-corrected chi connectivity index (χ0v) is 13.8. The molecule has 0 saturated carbocycles. The molecule has 22 heavy (non-hydrogen) atoms. The molecule has 1 aliphatic heterocycles. The fraction of sp³-hybridized carbons (Fsp3) is 0.500. The quantitative estimate of drug-likeness (QED) is 0.881. The molecule has 1 aromatic heterocycles. The molecule has 2 atom stereocenters. The van der Waals surface area contributed by atoms with Crippen LogP contribution in [-0.4, -0.2) is 53.0 Å². The Hall–Kier alpha value is -1.34. The first-order valence-electron chi connectivity index (χ1n) is 7.64. The van der Waals surface area contributed by atoms with Crippen molar-refractivity contribution in [2.24, 2.45) is 0 Å². The Kier molecular flexibility index (Phi) is 4.83. The van der Waals surface area contributed by atoms with Crippen molar-refractivity contribution in [1.82, 2.24) is 20.4 Å². The maximum Gasteiger partial charge on any atom is 0.147 e. The van der Waals surface area contributed by atoms with Gasteiger partial charge >= 0.3 is 0 Å². The lowest BCUT2D eigenvalue weighted by molar-refractivity contribution is 0.173. The normalized spacial score (nSPS) is 20.4. The third-order valence-corrected chi connectivity index (χ3v) is 4.99. The highest BCUT2D eigenvalue weighted by Gasteiger charge is 2.23. The second-order valence-corrected chi connectivity index (χ2v) is 6.98. The van der Waals surface area contributed by atoms with Crippen molar-refractivity contribution in [3.05, 3.63) is 34.8 Å². The third-order valence-electron chi connectivity index (χ3n) is 4.10. The highest BCUT2D eigenvalue weighted by Crippen LogP contribution is 2.26. The number of aliphatic hydroxyl groups excluding tert-OH is 1. The molecule has 1 fully saturated rings. The van der Waals surface area contributed by atoms with Crippen LogP contribution in [0.5, 0.6) is 0 Å². The summed E-state index contributed by atoms with van der Waals surface area (Å²) in [6.07, 6.45) is 0.703. The molecule has 6 heteroatoms. The van der Waals surface area contributed by atoms with E-state index in [1.54, 1.807) is 11.3 Å². The van der Waals surface area contributed by atoms with Gasteiger partial charge in [-0.05, 0) is 32.0 Å². The van der Waals surface area contributed by atoms with E-state index in [4.69, 9.17) is 0 Å². The lowest BCUT2D eigenvalue weighted by Gasteiger charge is -2.23. The van der Waals surface area contributed by atoms with Gasteiger partial charge < -0.3 is 10.4 Å². The minimum atomic E-state index is -0.173. The molecule has 2 aromatic rings. The van der Waals surface area contributed by atoms with Crippen molar-refractivity contribution in [2.45, 2.75) is 25.5 Å². The van der Waals surface area contributed by atoms with Gasteiger partial charge in [-0.1, -0.05) is 29.5 Å². The summed E-state index contributed by atoms with van der Waals surface area (Å²) in [5, 5.41) is 23.3. The van der Waals surface area contributed by atoms with Crippen molar-refractivity contribution >= 4 is 11.3 Å². The monoisotopic (exact) mass is 318 g/mol. The minimum Gasteiger partial charge on any atom is -0.392 e. The maximum absolute atomic E-state index is 9.67. The first kappa shape index (κ1) is 15.6. The number of likely N-dealkylation sites (tertiary alicyclic amines) is 1. The Balaban J connectivity index is 1.77. The highest BCUT2D eigenvalue weighted by atomic mass is 32.1. The number of likely N-dealkylation sites (N-methyl/N-ethyl adjacent to an activating group) is 1. The van der Waals surface area contributed by atoms with Crippen LogP contribution < -0.4 is 5.32 Å². The largest absolute Gasteiger partial charge is 0.392 e. The summed E-state index contributed by atoms with van der Waals surface area (Å²) in [7, 11) is 1.99. The van der Waals surface area contributed by atoms with E-state index in [1.807, 2.05) is 14.0 Å². The van der Waals surface area contributed by atoms with Crippen LogP contribution in [0.3, 0.4) is 0 Å². The van der Waals surface area contributed by atoms with Gasteiger partial charge in [-0.25, -0.2) is 0 Å². The molecule has 1 aliphatic rings. The number of aromatic nitrogens is 2. The van der Waals surface area contributed by atoms with Crippen molar-refractivity contribution in [3.8, 4) is 10.6 Å². The van der Waals surface area contributed by atoms with E-state index in [2.05, 4.69) is 44.7 Å². The van der Waals surface area contributed by atoms with Gasteiger partial charge in [-0.3, -0.25) is 4.90 Å². The van der Waals surface area contributed by atoms with Crippen LogP contribution in [0.4, 0.5) is 0 Å². The van der Waals surface area contributed by atoms with Crippen molar-refractivity contribution in [3.63, 3.8) is 0 Å². The van der Waals surface area contributed by atoms with E-state index in [9.17, 15) is 5.11 Å². The minimum absolute atomic E-state index is 0.173. The molecule has 1 saturated heterocycles. The molecule has 0 amide bonds. The standard InChI is InChI=1S/C16H22N4OS/c1-11-18-19-16(22-11)13-5-3-4-12(8-13)15(17-2)10-20-7-6-14(21)9-20/h3-5,8,14-15,17,21H,6-7,9-10H2,1-2H3/t14-,15+/m0/s1. The number of β-amino-alcohol motifs (C(OH)–C–C–N with tert-alkyl or cyclic N) is 1. The molecule has 2 heterocycles. The second kappa shape index (κ2) is 6.83. The molecular weight excluding hydrogens is 296 g/mol.